The van der Waals surface area contributed by atoms with Gasteiger partial charge in [0.15, 0.2) is 0 Å². The maximum Gasteiger partial charge on any atom is 0.315 e. The molecule has 6 heteroatoms. The number of nitrogens with one attached hydrogen (secondary N) is 3. The number of amides is 2. The molecule has 122 valence electrons. The minimum Gasteiger partial charge on any atom is -0.335 e. The molecule has 2 amide bonds. The third kappa shape index (κ3) is 3.88. The van der Waals surface area contributed by atoms with Crippen LogP contribution < -0.4 is 10.6 Å². The molecule has 1 aliphatic carbocycles. The Kier molecular flexibility index (Phi) is 4.91. The molecule has 3 rings (SSSR count). The van der Waals surface area contributed by atoms with Crippen molar-refractivity contribution in [2.75, 3.05) is 6.26 Å². The predicted molar refractivity (Wildman–Crippen MR) is 92.7 cm³/mol. The van der Waals surface area contributed by atoms with Crippen molar-refractivity contribution in [1.29, 1.82) is 0 Å². The largest absolute Gasteiger partial charge is 0.335 e. The number of benzene rings is 1. The Morgan fingerprint density at radius 3 is 3.17 bits per heavy atom. The molecule has 0 saturated carbocycles. The normalized spacial score (nSPS) is 16.7. The van der Waals surface area contributed by atoms with E-state index in [1.165, 1.54) is 21.7 Å². The molecule has 23 heavy (non-hydrogen) atoms. The zero-order valence-electron chi connectivity index (χ0n) is 13.5. The third-order valence-electron chi connectivity index (χ3n) is 4.23. The summed E-state index contributed by atoms with van der Waals surface area (Å²) in [5.74, 6) is 0. The van der Waals surface area contributed by atoms with E-state index in [1.54, 1.807) is 11.8 Å². The molecule has 1 heterocycles. The van der Waals surface area contributed by atoms with Crippen LogP contribution in [0.3, 0.4) is 0 Å². The number of fused-ring (bicyclic) bond motifs is 1. The lowest BCUT2D eigenvalue weighted by Crippen LogP contribution is -2.44. The van der Waals surface area contributed by atoms with Gasteiger partial charge in [0.1, 0.15) is 0 Å². The Balaban J connectivity index is 1.52. The third-order valence-corrected chi connectivity index (χ3v) is 5.05. The molecule has 0 unspecified atom stereocenters. The van der Waals surface area contributed by atoms with Crippen LogP contribution in [0.25, 0.3) is 0 Å². The Hall–Kier alpha value is -1.95. The van der Waals surface area contributed by atoms with Crippen molar-refractivity contribution in [3.63, 3.8) is 0 Å². The van der Waals surface area contributed by atoms with Gasteiger partial charge in [0.25, 0.3) is 0 Å². The number of nitrogens with zero attached hydrogens (tertiary/aromatic N) is 1. The average molecular weight is 330 g/mol. The van der Waals surface area contributed by atoms with Crippen molar-refractivity contribution in [2.24, 2.45) is 0 Å². The Morgan fingerprint density at radius 1 is 1.48 bits per heavy atom. The van der Waals surface area contributed by atoms with E-state index in [-0.39, 0.29) is 12.1 Å². The summed E-state index contributed by atoms with van der Waals surface area (Å²) in [7, 11) is 0. The van der Waals surface area contributed by atoms with Crippen LogP contribution in [0.1, 0.15) is 28.8 Å². The highest BCUT2D eigenvalue weighted by atomic mass is 32.2. The number of aryl methyl sites for hydroxylation is 2. The number of hydrogen-bond acceptors (Lipinski definition) is 3. The zero-order chi connectivity index (χ0) is 16.2. The molecular formula is C17H22N4OS. The molecule has 5 nitrogen and oxygen atoms in total. The number of thioether (sulfide) groups is 1. The van der Waals surface area contributed by atoms with Crippen molar-refractivity contribution < 1.29 is 4.79 Å². The molecule has 1 aliphatic rings. The van der Waals surface area contributed by atoms with Crippen LogP contribution in [-0.4, -0.2) is 28.5 Å². The molecular weight excluding hydrogens is 308 g/mol. The summed E-state index contributed by atoms with van der Waals surface area (Å²) in [5.41, 5.74) is 4.80. The van der Waals surface area contributed by atoms with E-state index in [0.717, 1.165) is 24.8 Å². The number of urea groups is 1. The molecule has 2 aromatic rings. The minimum absolute atomic E-state index is 0.102. The summed E-state index contributed by atoms with van der Waals surface area (Å²) in [6, 6.07) is 6.39. The topological polar surface area (TPSA) is 69.8 Å². The molecule has 3 N–H and O–H groups in total. The summed E-state index contributed by atoms with van der Waals surface area (Å²) >= 11 is 1.71. The number of hydrogen-bond donors (Lipinski definition) is 3. The standard InChI is InChI=1S/C17H22N4OS/c1-11-3-4-12(16(7-11)23-2)9-18-17(22)20-14-5-6-15-13(8-14)10-19-21-15/h3-4,7,10,14H,5-6,8-9H2,1-2H3,(H,19,21)(H2,18,20,22)/t14-/m1/s1. The highest BCUT2D eigenvalue weighted by Gasteiger charge is 2.21. The Labute approximate surface area is 140 Å². The van der Waals surface area contributed by atoms with Gasteiger partial charge in [-0.15, -0.1) is 11.8 Å². The van der Waals surface area contributed by atoms with Crippen LogP contribution in [0.15, 0.2) is 29.3 Å². The van der Waals surface area contributed by atoms with Gasteiger partial charge in [0, 0.05) is 23.2 Å². The fourth-order valence-corrected chi connectivity index (χ4v) is 3.66. The van der Waals surface area contributed by atoms with Gasteiger partial charge in [0.05, 0.1) is 6.20 Å². The van der Waals surface area contributed by atoms with Crippen molar-refractivity contribution in [3.05, 3.63) is 46.8 Å². The van der Waals surface area contributed by atoms with Crippen LogP contribution in [0.4, 0.5) is 4.79 Å². The second-order valence-corrected chi connectivity index (χ2v) is 6.80. The van der Waals surface area contributed by atoms with Gasteiger partial charge >= 0.3 is 6.03 Å². The predicted octanol–water partition coefficient (Wildman–Crippen LogP) is 2.80. The number of carbonyl (C=O) groups is 1. The Morgan fingerprint density at radius 2 is 2.35 bits per heavy atom. The first-order valence-electron chi connectivity index (χ1n) is 7.84. The molecule has 1 aromatic heterocycles. The molecule has 0 aliphatic heterocycles. The highest BCUT2D eigenvalue weighted by Crippen LogP contribution is 2.22. The smallest absolute Gasteiger partial charge is 0.315 e. The second kappa shape index (κ2) is 7.08. The van der Waals surface area contributed by atoms with Gasteiger partial charge in [-0.3, -0.25) is 5.10 Å². The van der Waals surface area contributed by atoms with E-state index in [4.69, 9.17) is 0 Å². The molecule has 0 fully saturated rings. The minimum atomic E-state index is -0.102. The van der Waals surface area contributed by atoms with Gasteiger partial charge in [-0.1, -0.05) is 12.1 Å². The van der Waals surface area contributed by atoms with Crippen molar-refractivity contribution in [2.45, 2.75) is 43.7 Å². The average Bonchev–Trinajstić information content (AvgIpc) is 3.01. The van der Waals surface area contributed by atoms with Crippen LogP contribution in [0.2, 0.25) is 0 Å². The SMILES string of the molecule is CSc1cc(C)ccc1CNC(=O)N[C@@H]1CCc2[nH]ncc2C1. The molecule has 0 saturated heterocycles. The summed E-state index contributed by atoms with van der Waals surface area (Å²) in [6.45, 7) is 2.63. The van der Waals surface area contributed by atoms with Gasteiger partial charge in [-0.05, 0) is 55.2 Å². The van der Waals surface area contributed by atoms with E-state index in [0.29, 0.717) is 6.54 Å². The number of carbonyl (C=O) groups excluding carboxylic acids is 1. The maximum absolute atomic E-state index is 12.1. The zero-order valence-corrected chi connectivity index (χ0v) is 14.3. The summed E-state index contributed by atoms with van der Waals surface area (Å²) in [6.07, 6.45) is 6.65. The summed E-state index contributed by atoms with van der Waals surface area (Å²) in [5, 5.41) is 13.1. The molecule has 1 aromatic carbocycles. The number of aromatic nitrogens is 2. The van der Waals surface area contributed by atoms with E-state index in [1.807, 2.05) is 6.20 Å². The Bertz CT molecular complexity index is 698. The fraction of sp³-hybridized carbons (Fsp3) is 0.412. The van der Waals surface area contributed by atoms with Gasteiger partial charge in [0.2, 0.25) is 0 Å². The maximum atomic E-state index is 12.1. The summed E-state index contributed by atoms with van der Waals surface area (Å²) < 4.78 is 0. The first kappa shape index (κ1) is 15.9. The molecule has 1 atom stereocenters. The van der Waals surface area contributed by atoms with Crippen molar-refractivity contribution >= 4 is 17.8 Å². The van der Waals surface area contributed by atoms with E-state index in [2.05, 4.69) is 52.2 Å². The number of rotatable bonds is 4. The van der Waals surface area contributed by atoms with E-state index < -0.39 is 0 Å². The van der Waals surface area contributed by atoms with Crippen molar-refractivity contribution in [1.82, 2.24) is 20.8 Å². The highest BCUT2D eigenvalue weighted by molar-refractivity contribution is 7.98. The lowest BCUT2D eigenvalue weighted by Gasteiger charge is -2.23. The quantitative estimate of drug-likeness (QED) is 0.755. The fourth-order valence-electron chi connectivity index (χ4n) is 2.95. The van der Waals surface area contributed by atoms with Crippen LogP contribution in [-0.2, 0) is 19.4 Å². The summed E-state index contributed by atoms with van der Waals surface area (Å²) in [4.78, 5) is 13.4. The first-order chi connectivity index (χ1) is 11.2. The van der Waals surface area contributed by atoms with Gasteiger partial charge in [-0.25, -0.2) is 4.79 Å². The van der Waals surface area contributed by atoms with Crippen molar-refractivity contribution in [3.8, 4) is 0 Å². The lowest BCUT2D eigenvalue weighted by atomic mass is 9.94. The van der Waals surface area contributed by atoms with E-state index in [9.17, 15) is 4.79 Å². The van der Waals surface area contributed by atoms with Gasteiger partial charge < -0.3 is 10.6 Å². The van der Waals surface area contributed by atoms with Crippen LogP contribution in [0, 0.1) is 6.92 Å². The lowest BCUT2D eigenvalue weighted by molar-refractivity contribution is 0.235. The molecule has 0 bridgehead atoms. The van der Waals surface area contributed by atoms with Crippen LogP contribution in [0.5, 0.6) is 0 Å². The van der Waals surface area contributed by atoms with Crippen LogP contribution >= 0.6 is 11.8 Å². The monoisotopic (exact) mass is 330 g/mol. The van der Waals surface area contributed by atoms with Gasteiger partial charge in [-0.2, -0.15) is 5.10 Å². The molecule has 0 radical (unpaired) electrons. The van der Waals surface area contributed by atoms with E-state index >= 15 is 0 Å². The molecule has 0 spiro atoms. The number of aromatic amines is 1. The number of H-pyrrole nitrogens is 1. The second-order valence-electron chi connectivity index (χ2n) is 5.96. The first-order valence-corrected chi connectivity index (χ1v) is 9.07.